The fourth-order valence-electron chi connectivity index (χ4n) is 9.57. The standard InChI is InChI=1S/C29H46F3IO2/c1-17(2)7-6-8-18(3)21-11-12-22-20-10-9-19-15-24(33)25(35-26(34)29(30,31)32)16-28(19,5)23(20)13-14-27(21,22)4/h17-25H,6-16H2,1-5H3/t18-,19+,20+,21+,22-,23+,24+,25-,27+,28+/m1/s1. The van der Waals surface area contributed by atoms with Crippen LogP contribution in [0.25, 0.3) is 0 Å². The van der Waals surface area contributed by atoms with Crippen molar-refractivity contribution >= 4 is 28.6 Å². The van der Waals surface area contributed by atoms with Crippen molar-refractivity contribution in [1.29, 1.82) is 0 Å². The lowest BCUT2D eigenvalue weighted by molar-refractivity contribution is -0.211. The molecule has 0 aromatic carbocycles. The molecule has 0 unspecified atom stereocenters. The van der Waals surface area contributed by atoms with E-state index in [1.807, 2.05) is 0 Å². The van der Waals surface area contributed by atoms with Crippen molar-refractivity contribution in [2.75, 3.05) is 0 Å². The fourth-order valence-corrected chi connectivity index (χ4v) is 10.6. The minimum Gasteiger partial charge on any atom is -0.455 e. The molecule has 0 heterocycles. The number of fused-ring (bicyclic) bond motifs is 5. The maximum absolute atomic E-state index is 13.0. The summed E-state index contributed by atoms with van der Waals surface area (Å²) in [6.07, 6.45) is 7.45. The summed E-state index contributed by atoms with van der Waals surface area (Å²) >= 11 is 2.23. The van der Waals surface area contributed by atoms with Crippen molar-refractivity contribution in [2.24, 2.45) is 52.3 Å². The molecule has 0 radical (unpaired) electrons. The van der Waals surface area contributed by atoms with E-state index in [0.29, 0.717) is 29.6 Å². The second kappa shape index (κ2) is 10.3. The third-order valence-electron chi connectivity index (χ3n) is 11.3. The minimum absolute atomic E-state index is 0.0244. The van der Waals surface area contributed by atoms with Gasteiger partial charge in [-0.15, -0.1) is 0 Å². The first-order valence-corrected chi connectivity index (χ1v) is 15.4. The highest BCUT2D eigenvalue weighted by atomic mass is 127. The highest BCUT2D eigenvalue weighted by Crippen LogP contribution is 2.68. The topological polar surface area (TPSA) is 26.3 Å². The zero-order valence-corrected chi connectivity index (χ0v) is 24.5. The Labute approximate surface area is 224 Å². The molecule has 0 saturated heterocycles. The first-order valence-electron chi connectivity index (χ1n) is 14.2. The number of rotatable bonds is 6. The van der Waals surface area contributed by atoms with Crippen LogP contribution in [-0.4, -0.2) is 22.2 Å². The lowest BCUT2D eigenvalue weighted by atomic mass is 9.44. The maximum Gasteiger partial charge on any atom is 0.490 e. The van der Waals surface area contributed by atoms with Gasteiger partial charge in [-0.3, -0.25) is 0 Å². The number of hydrogen-bond acceptors (Lipinski definition) is 2. The van der Waals surface area contributed by atoms with Crippen LogP contribution < -0.4 is 0 Å². The summed E-state index contributed by atoms with van der Waals surface area (Å²) in [5, 5.41) is 0. The van der Waals surface area contributed by atoms with Crippen LogP contribution >= 0.6 is 22.6 Å². The van der Waals surface area contributed by atoms with Crippen molar-refractivity contribution in [1.82, 2.24) is 0 Å². The molecule has 4 rings (SSSR count). The van der Waals surface area contributed by atoms with Crippen LogP contribution in [0.15, 0.2) is 0 Å². The molecule has 4 aliphatic rings. The van der Waals surface area contributed by atoms with Gasteiger partial charge in [0, 0.05) is 3.92 Å². The predicted octanol–water partition coefficient (Wildman–Crippen LogP) is 9.00. The van der Waals surface area contributed by atoms with E-state index >= 15 is 0 Å². The summed E-state index contributed by atoms with van der Waals surface area (Å²) in [5.41, 5.74) is 0.383. The molecule has 6 heteroatoms. The van der Waals surface area contributed by atoms with Gasteiger partial charge in [0.1, 0.15) is 6.10 Å². The molecule has 0 bridgehead atoms. The number of halogens is 4. The van der Waals surface area contributed by atoms with Crippen LogP contribution in [0, 0.1) is 52.3 Å². The Morgan fingerprint density at radius 3 is 2.34 bits per heavy atom. The largest absolute Gasteiger partial charge is 0.490 e. The lowest BCUT2D eigenvalue weighted by Crippen LogP contribution is -2.56. The van der Waals surface area contributed by atoms with Gasteiger partial charge in [0.15, 0.2) is 0 Å². The van der Waals surface area contributed by atoms with Crippen LogP contribution in [0.4, 0.5) is 13.2 Å². The Bertz CT molecular complexity index is 770. The van der Waals surface area contributed by atoms with Crippen LogP contribution in [0.1, 0.15) is 105 Å². The van der Waals surface area contributed by atoms with E-state index in [9.17, 15) is 18.0 Å². The molecule has 0 amide bonds. The van der Waals surface area contributed by atoms with Crippen LogP contribution in [0.2, 0.25) is 0 Å². The van der Waals surface area contributed by atoms with Gasteiger partial charge in [0.2, 0.25) is 0 Å². The smallest absolute Gasteiger partial charge is 0.455 e. The van der Waals surface area contributed by atoms with E-state index in [4.69, 9.17) is 4.74 Å². The highest BCUT2D eigenvalue weighted by molar-refractivity contribution is 14.1. The van der Waals surface area contributed by atoms with E-state index in [1.54, 1.807) is 0 Å². The number of carbonyl (C=O) groups is 1. The van der Waals surface area contributed by atoms with Crippen molar-refractivity contribution in [2.45, 2.75) is 121 Å². The number of alkyl halides is 4. The van der Waals surface area contributed by atoms with Gasteiger partial charge in [0.25, 0.3) is 0 Å². The zero-order chi connectivity index (χ0) is 25.8. The molecule has 4 fully saturated rings. The summed E-state index contributed by atoms with van der Waals surface area (Å²) in [6, 6.07) is 0. The van der Waals surface area contributed by atoms with Crippen molar-refractivity contribution < 1.29 is 22.7 Å². The molecule has 4 aliphatic carbocycles. The Kier molecular flexibility index (Phi) is 8.23. The van der Waals surface area contributed by atoms with Crippen LogP contribution in [0.3, 0.4) is 0 Å². The van der Waals surface area contributed by atoms with Crippen LogP contribution in [-0.2, 0) is 9.53 Å². The summed E-state index contributed by atoms with van der Waals surface area (Å²) in [6.45, 7) is 12.0. The molecule has 0 aliphatic heterocycles. The van der Waals surface area contributed by atoms with Gasteiger partial charge in [-0.05, 0) is 104 Å². The third-order valence-corrected chi connectivity index (χ3v) is 12.6. The first-order chi connectivity index (χ1) is 16.3. The summed E-state index contributed by atoms with van der Waals surface area (Å²) in [5.74, 6) is 2.83. The Balaban J connectivity index is 1.48. The average Bonchev–Trinajstić information content (AvgIpc) is 3.11. The van der Waals surface area contributed by atoms with Gasteiger partial charge in [-0.2, -0.15) is 13.2 Å². The molecule has 2 nitrogen and oxygen atoms in total. The molecule has 35 heavy (non-hydrogen) atoms. The average molecular weight is 611 g/mol. The summed E-state index contributed by atoms with van der Waals surface area (Å²) < 4.78 is 43.9. The molecule has 0 spiro atoms. The summed E-state index contributed by atoms with van der Waals surface area (Å²) in [4.78, 5) is 11.7. The Morgan fingerprint density at radius 1 is 1.00 bits per heavy atom. The minimum atomic E-state index is -4.92. The summed E-state index contributed by atoms with van der Waals surface area (Å²) in [7, 11) is 0. The van der Waals surface area contributed by atoms with Gasteiger partial charge in [-0.25, -0.2) is 4.79 Å². The quantitative estimate of drug-likeness (QED) is 0.171. The Hall–Kier alpha value is -0.0100. The monoisotopic (exact) mass is 610 g/mol. The number of hydrogen-bond donors (Lipinski definition) is 0. The molecule has 10 atom stereocenters. The number of esters is 1. The highest BCUT2D eigenvalue weighted by Gasteiger charge is 2.62. The van der Waals surface area contributed by atoms with Gasteiger partial charge >= 0.3 is 12.1 Å². The first kappa shape index (κ1) is 28.0. The fraction of sp³-hybridized carbons (Fsp3) is 0.966. The second-order valence-electron chi connectivity index (χ2n) is 13.6. The molecular formula is C29H46F3IO2. The van der Waals surface area contributed by atoms with Gasteiger partial charge in [0.05, 0.1) is 0 Å². The molecule has 4 saturated carbocycles. The molecular weight excluding hydrogens is 564 g/mol. The van der Waals surface area contributed by atoms with Crippen molar-refractivity contribution in [3.8, 4) is 0 Å². The van der Waals surface area contributed by atoms with E-state index in [1.165, 1.54) is 57.8 Å². The van der Waals surface area contributed by atoms with E-state index in [0.717, 1.165) is 30.1 Å². The SMILES string of the molecule is CC(C)CCC[C@@H](C)[C@@H]1CC[C@@H]2[C@@H]3CC[C@H]4C[C@H](I)[C@H](OC(=O)C(F)(F)F)C[C@]4(C)[C@H]3CC[C@]21C. The lowest BCUT2D eigenvalue weighted by Gasteiger charge is -2.62. The van der Waals surface area contributed by atoms with Crippen molar-refractivity contribution in [3.05, 3.63) is 0 Å². The van der Waals surface area contributed by atoms with Crippen molar-refractivity contribution in [3.63, 3.8) is 0 Å². The van der Waals surface area contributed by atoms with E-state index in [-0.39, 0.29) is 9.34 Å². The molecule has 0 aromatic heterocycles. The molecule has 0 aromatic rings. The van der Waals surface area contributed by atoms with E-state index in [2.05, 4.69) is 57.2 Å². The van der Waals surface area contributed by atoms with Gasteiger partial charge in [-0.1, -0.05) is 76.5 Å². The normalized spacial score (nSPS) is 44.3. The second-order valence-corrected chi connectivity index (χ2v) is 15.2. The molecule has 202 valence electrons. The molecule has 0 N–H and O–H groups in total. The zero-order valence-electron chi connectivity index (χ0n) is 22.3. The van der Waals surface area contributed by atoms with E-state index < -0.39 is 18.2 Å². The maximum atomic E-state index is 13.0. The predicted molar refractivity (Wildman–Crippen MR) is 142 cm³/mol. The Morgan fingerprint density at radius 2 is 1.69 bits per heavy atom. The van der Waals surface area contributed by atoms with Crippen LogP contribution in [0.5, 0.6) is 0 Å². The number of ether oxygens (including phenoxy) is 1. The van der Waals surface area contributed by atoms with Gasteiger partial charge < -0.3 is 4.74 Å². The third kappa shape index (κ3) is 5.30. The number of carbonyl (C=O) groups excluding carboxylic acids is 1.